The van der Waals surface area contributed by atoms with Crippen LogP contribution in [0.4, 0.5) is 10.1 Å². The summed E-state index contributed by atoms with van der Waals surface area (Å²) in [4.78, 5) is 0.759. The van der Waals surface area contributed by atoms with Gasteiger partial charge in [0.25, 0.3) is 0 Å². The first kappa shape index (κ1) is 14.3. The lowest BCUT2D eigenvalue weighted by atomic mass is 10.0. The number of thioether (sulfide) groups is 1. The Kier molecular flexibility index (Phi) is 3.81. The standard InChI is InChI=1S/C17H18FNOS/c1-10-9-16(20)11(2)8-15(10)19-14-6-7-21-17-12(14)4-3-5-13(17)18/h3-5,8-9,14,19-20H,6-7H2,1-2H3. The van der Waals surface area contributed by atoms with Crippen LogP contribution in [0.25, 0.3) is 0 Å². The Hall–Kier alpha value is -1.68. The van der Waals surface area contributed by atoms with Crippen molar-refractivity contribution in [1.82, 2.24) is 0 Å². The zero-order valence-electron chi connectivity index (χ0n) is 12.1. The van der Waals surface area contributed by atoms with Crippen molar-refractivity contribution in [2.75, 3.05) is 11.1 Å². The van der Waals surface area contributed by atoms with Gasteiger partial charge in [-0.15, -0.1) is 11.8 Å². The van der Waals surface area contributed by atoms with Crippen LogP contribution in [0.5, 0.6) is 5.75 Å². The lowest BCUT2D eigenvalue weighted by Crippen LogP contribution is -2.17. The quantitative estimate of drug-likeness (QED) is 0.782. The van der Waals surface area contributed by atoms with Crippen LogP contribution in [-0.2, 0) is 0 Å². The number of nitrogens with one attached hydrogen (secondary N) is 1. The highest BCUT2D eigenvalue weighted by Crippen LogP contribution is 2.40. The summed E-state index contributed by atoms with van der Waals surface area (Å²) in [7, 11) is 0. The van der Waals surface area contributed by atoms with Crippen LogP contribution < -0.4 is 5.32 Å². The Morgan fingerprint density at radius 2 is 2.05 bits per heavy atom. The van der Waals surface area contributed by atoms with E-state index in [-0.39, 0.29) is 11.9 Å². The highest BCUT2D eigenvalue weighted by molar-refractivity contribution is 7.99. The third kappa shape index (κ3) is 2.72. The number of phenolic OH excluding ortho intramolecular Hbond substituents is 1. The van der Waals surface area contributed by atoms with Gasteiger partial charge in [0.15, 0.2) is 0 Å². The van der Waals surface area contributed by atoms with Gasteiger partial charge in [0.1, 0.15) is 11.6 Å². The maximum atomic E-state index is 13.9. The first-order chi connectivity index (χ1) is 10.1. The molecular weight excluding hydrogens is 285 g/mol. The van der Waals surface area contributed by atoms with Gasteiger partial charge >= 0.3 is 0 Å². The minimum atomic E-state index is -0.136. The van der Waals surface area contributed by atoms with Crippen molar-refractivity contribution in [3.05, 3.63) is 52.8 Å². The van der Waals surface area contributed by atoms with E-state index in [0.29, 0.717) is 5.75 Å². The SMILES string of the molecule is Cc1cc(NC2CCSc3c(F)cccc32)c(C)cc1O. The second kappa shape index (κ2) is 5.60. The molecule has 110 valence electrons. The second-order valence-corrected chi connectivity index (χ2v) is 6.55. The Labute approximate surface area is 128 Å². The molecule has 1 heterocycles. The maximum absolute atomic E-state index is 13.9. The van der Waals surface area contributed by atoms with Gasteiger partial charge < -0.3 is 10.4 Å². The predicted octanol–water partition coefficient (Wildman–Crippen LogP) is 4.80. The average molecular weight is 303 g/mol. The van der Waals surface area contributed by atoms with Gasteiger partial charge in [-0.05, 0) is 55.2 Å². The normalized spacial score (nSPS) is 17.4. The molecule has 0 saturated carbocycles. The number of fused-ring (bicyclic) bond motifs is 1. The van der Waals surface area contributed by atoms with Crippen LogP contribution in [0.1, 0.15) is 29.2 Å². The average Bonchev–Trinajstić information content (AvgIpc) is 2.46. The van der Waals surface area contributed by atoms with Crippen LogP contribution >= 0.6 is 11.8 Å². The molecule has 21 heavy (non-hydrogen) atoms. The van der Waals surface area contributed by atoms with E-state index < -0.39 is 0 Å². The maximum Gasteiger partial charge on any atom is 0.137 e. The van der Waals surface area contributed by atoms with E-state index in [2.05, 4.69) is 5.32 Å². The lowest BCUT2D eigenvalue weighted by Gasteiger charge is -2.28. The zero-order valence-corrected chi connectivity index (χ0v) is 12.9. The number of phenols is 1. The molecule has 0 bridgehead atoms. The molecule has 2 aromatic rings. The van der Waals surface area contributed by atoms with Gasteiger partial charge in [-0.25, -0.2) is 4.39 Å². The first-order valence-electron chi connectivity index (χ1n) is 7.04. The number of benzene rings is 2. The topological polar surface area (TPSA) is 32.3 Å². The van der Waals surface area contributed by atoms with E-state index in [9.17, 15) is 9.50 Å². The van der Waals surface area contributed by atoms with Gasteiger partial charge in [-0.1, -0.05) is 12.1 Å². The molecule has 1 aliphatic heterocycles. The summed E-state index contributed by atoms with van der Waals surface area (Å²) in [5, 5.41) is 13.3. The van der Waals surface area contributed by atoms with Crippen LogP contribution in [0, 0.1) is 19.7 Å². The third-order valence-electron chi connectivity index (χ3n) is 3.90. The van der Waals surface area contributed by atoms with Gasteiger partial charge in [0.2, 0.25) is 0 Å². The van der Waals surface area contributed by atoms with Crippen LogP contribution in [0.2, 0.25) is 0 Å². The zero-order chi connectivity index (χ0) is 15.0. The highest BCUT2D eigenvalue weighted by Gasteiger charge is 2.23. The third-order valence-corrected chi connectivity index (χ3v) is 5.06. The molecular formula is C17H18FNOS. The summed E-state index contributed by atoms with van der Waals surface area (Å²) in [6.07, 6.45) is 0.959. The Morgan fingerprint density at radius 3 is 2.86 bits per heavy atom. The molecule has 1 aliphatic rings. The summed E-state index contributed by atoms with van der Waals surface area (Å²) in [6, 6.07) is 9.10. The van der Waals surface area contributed by atoms with Gasteiger partial charge in [0, 0.05) is 16.3 Å². The van der Waals surface area contributed by atoms with Crippen molar-refractivity contribution in [3.8, 4) is 5.75 Å². The summed E-state index contributed by atoms with van der Waals surface area (Å²) in [5.74, 6) is 1.08. The predicted molar refractivity (Wildman–Crippen MR) is 85.7 cm³/mol. The van der Waals surface area contributed by atoms with E-state index in [4.69, 9.17) is 0 Å². The second-order valence-electron chi connectivity index (χ2n) is 5.45. The molecule has 0 saturated heterocycles. The van der Waals surface area contributed by atoms with Gasteiger partial charge in [-0.3, -0.25) is 0 Å². The van der Waals surface area contributed by atoms with E-state index in [1.807, 2.05) is 26.0 Å². The summed E-state index contributed by atoms with van der Waals surface area (Å²) in [6.45, 7) is 3.84. The van der Waals surface area contributed by atoms with Crippen molar-refractivity contribution >= 4 is 17.4 Å². The minimum Gasteiger partial charge on any atom is -0.508 e. The number of aromatic hydroxyl groups is 1. The fourth-order valence-corrected chi connectivity index (χ4v) is 3.82. The number of rotatable bonds is 2. The molecule has 0 aliphatic carbocycles. The Balaban J connectivity index is 1.94. The Morgan fingerprint density at radius 1 is 1.24 bits per heavy atom. The highest BCUT2D eigenvalue weighted by atomic mass is 32.2. The summed E-state index contributed by atoms with van der Waals surface area (Å²) < 4.78 is 13.9. The smallest absolute Gasteiger partial charge is 0.137 e. The summed E-state index contributed by atoms with van der Waals surface area (Å²) >= 11 is 1.58. The molecule has 2 nitrogen and oxygen atoms in total. The summed E-state index contributed by atoms with van der Waals surface area (Å²) in [5.41, 5.74) is 3.86. The van der Waals surface area contributed by atoms with E-state index >= 15 is 0 Å². The molecule has 2 aromatic carbocycles. The molecule has 4 heteroatoms. The monoisotopic (exact) mass is 303 g/mol. The largest absolute Gasteiger partial charge is 0.508 e. The Bertz CT molecular complexity index is 687. The number of aryl methyl sites for hydroxylation is 2. The molecule has 0 fully saturated rings. The van der Waals surface area contributed by atoms with Crippen molar-refractivity contribution in [2.24, 2.45) is 0 Å². The van der Waals surface area contributed by atoms with E-state index in [1.165, 1.54) is 6.07 Å². The molecule has 0 aromatic heterocycles. The minimum absolute atomic E-state index is 0.111. The van der Waals surface area contributed by atoms with Gasteiger partial charge in [0.05, 0.1) is 6.04 Å². The molecule has 0 radical (unpaired) electrons. The van der Waals surface area contributed by atoms with Crippen molar-refractivity contribution < 1.29 is 9.50 Å². The van der Waals surface area contributed by atoms with Crippen molar-refractivity contribution in [2.45, 2.75) is 31.2 Å². The lowest BCUT2D eigenvalue weighted by molar-refractivity contribution is 0.470. The first-order valence-corrected chi connectivity index (χ1v) is 8.03. The number of hydrogen-bond donors (Lipinski definition) is 2. The van der Waals surface area contributed by atoms with Crippen molar-refractivity contribution in [3.63, 3.8) is 0 Å². The molecule has 1 atom stereocenters. The van der Waals surface area contributed by atoms with Crippen LogP contribution in [-0.4, -0.2) is 10.9 Å². The number of anilines is 1. The molecule has 1 unspecified atom stereocenters. The van der Waals surface area contributed by atoms with E-state index in [0.717, 1.165) is 39.4 Å². The van der Waals surface area contributed by atoms with E-state index in [1.54, 1.807) is 23.9 Å². The fraction of sp³-hybridized carbons (Fsp3) is 0.294. The molecule has 0 amide bonds. The van der Waals surface area contributed by atoms with Crippen molar-refractivity contribution in [1.29, 1.82) is 0 Å². The molecule has 0 spiro atoms. The molecule has 2 N–H and O–H groups in total. The number of hydrogen-bond acceptors (Lipinski definition) is 3. The van der Waals surface area contributed by atoms with Crippen LogP contribution in [0.15, 0.2) is 35.2 Å². The number of halogens is 1. The van der Waals surface area contributed by atoms with Gasteiger partial charge in [-0.2, -0.15) is 0 Å². The fourth-order valence-electron chi connectivity index (χ4n) is 2.68. The van der Waals surface area contributed by atoms with Crippen LogP contribution in [0.3, 0.4) is 0 Å². The molecule has 3 rings (SSSR count).